The molecule has 0 bridgehead atoms. The third-order valence-corrected chi connectivity index (χ3v) is 17.7. The Morgan fingerprint density at radius 1 is 0.750 bits per heavy atom. The van der Waals surface area contributed by atoms with Gasteiger partial charge in [-0.25, -0.2) is 29.7 Å². The van der Waals surface area contributed by atoms with Gasteiger partial charge in [-0.1, -0.05) is 6.92 Å². The highest BCUT2D eigenvalue weighted by Crippen LogP contribution is 2.35. The van der Waals surface area contributed by atoms with Crippen molar-refractivity contribution in [3.63, 3.8) is 0 Å². The van der Waals surface area contributed by atoms with Crippen molar-refractivity contribution in [2.75, 3.05) is 58.2 Å². The third kappa shape index (κ3) is 22.8. The smallest absolute Gasteiger partial charge is 0.404 e. The fraction of sp³-hybridized carbons (Fsp3) is 0.632. The number of carbonyl (C=O) groups is 8. The highest BCUT2D eigenvalue weighted by molar-refractivity contribution is 7.14. The molecule has 0 radical (unpaired) electrons. The second kappa shape index (κ2) is 39.7. The van der Waals surface area contributed by atoms with Crippen LogP contribution in [0.3, 0.4) is 0 Å². The van der Waals surface area contributed by atoms with Gasteiger partial charge >= 0.3 is 6.09 Å². The van der Waals surface area contributed by atoms with Gasteiger partial charge in [-0.15, -0.1) is 35.1 Å². The second-order valence-electron chi connectivity index (χ2n) is 23.4. The van der Waals surface area contributed by atoms with Crippen LogP contribution < -0.4 is 71.6 Å². The number of imidazole rings is 1. The van der Waals surface area contributed by atoms with Crippen molar-refractivity contribution < 1.29 is 103 Å². The van der Waals surface area contributed by atoms with Crippen LogP contribution in [0.4, 0.5) is 10.6 Å². The fourth-order valence-corrected chi connectivity index (χ4v) is 11.8. The molecule has 0 saturated carbocycles. The quantitative estimate of drug-likeness (QED) is 0.0185. The number of carbonyl (C=O) groups excluding carboxylic acids is 8. The van der Waals surface area contributed by atoms with Gasteiger partial charge in [0.15, 0.2) is 18.7 Å². The summed E-state index contributed by atoms with van der Waals surface area (Å²) in [5, 5.41) is 111. The number of aliphatic hydroxyl groups excluding tert-OH is 8. The monoisotopic (exact) mass is 1480 g/mol. The van der Waals surface area contributed by atoms with E-state index in [1.54, 1.807) is 10.8 Å². The van der Waals surface area contributed by atoms with Crippen LogP contribution in [0.5, 0.6) is 0 Å². The zero-order chi connectivity index (χ0) is 72.9. The molecule has 6 rings (SSSR count). The second-order valence-corrected chi connectivity index (χ2v) is 25.2. The molecule has 2 aliphatic heterocycles. The number of hydrogen-bond acceptors (Lipinski definition) is 33. The summed E-state index contributed by atoms with van der Waals surface area (Å²) in [6.07, 6.45) is -22.5. The van der Waals surface area contributed by atoms with Crippen LogP contribution in [0.2, 0.25) is 0 Å². The average Bonchev–Trinajstić information content (AvgIpc) is 0.853. The summed E-state index contributed by atoms with van der Waals surface area (Å²) in [5.74, 6) is -8.74. The van der Waals surface area contributed by atoms with Gasteiger partial charge in [0, 0.05) is 48.8 Å². The van der Waals surface area contributed by atoms with Gasteiger partial charge in [0.05, 0.1) is 72.7 Å². The molecule has 40 nitrogen and oxygen atoms in total. The number of nitrogens with one attached hydrogen (secondary N) is 8. The van der Waals surface area contributed by atoms with E-state index in [-0.39, 0.29) is 66.4 Å². The number of H-pyrrole nitrogens is 1. The number of unbranched alkanes of at least 4 members (excludes halogenated alkanes) is 1. The first-order valence-corrected chi connectivity index (χ1v) is 33.1. The van der Waals surface area contributed by atoms with Gasteiger partial charge in [0.1, 0.15) is 94.6 Å². The number of rotatable bonds is 39. The van der Waals surface area contributed by atoms with Crippen molar-refractivity contribution >= 4 is 88.3 Å². The molecule has 4 aromatic rings. The number of halogens is 1. The summed E-state index contributed by atoms with van der Waals surface area (Å²) in [6.45, 7) is 5.29. The molecule has 2 aliphatic rings. The SMILES string of the molecule is Cc1c(N)nc([C@H](CC(N)=O)NC[C@H](N)C(N)=O)nc1C(=O)N[C@H](C(=O)N[C@H](C)[C@@H](O)[C@H](C)C(=O)NC(C(=O)NCCc1nc(-c2nc(C(=O)NCCCNCCCCN)cs2)cs1)[C@@H](C)O)[C@@H](O[C@@H]1O[C@@H](CO)[C@@H](O)[C@H](O)[C@@H]1O[C@@H]1O[C@H](CO)[C@@H](O)[C@H](OC(N)=O)[C@@H]1O)c1cnc[nH]1.Cl. The lowest BCUT2D eigenvalue weighted by molar-refractivity contribution is -0.372. The van der Waals surface area contributed by atoms with Gasteiger partial charge in [-0.2, -0.15) is 0 Å². The Bertz CT molecular complexity index is 3330. The molecule has 43 heteroatoms. The maximum Gasteiger partial charge on any atom is 0.404 e. The Morgan fingerprint density at radius 3 is 2.08 bits per heavy atom. The van der Waals surface area contributed by atoms with Crippen molar-refractivity contribution in [1.82, 2.24) is 67.1 Å². The Morgan fingerprint density at radius 2 is 1.44 bits per heavy atom. The molecule has 6 heterocycles. The summed E-state index contributed by atoms with van der Waals surface area (Å²) in [6, 6.07) is -7.87. The van der Waals surface area contributed by atoms with E-state index in [0.29, 0.717) is 28.8 Å². The molecular weight excluding hydrogens is 1390 g/mol. The van der Waals surface area contributed by atoms with Crippen LogP contribution >= 0.6 is 35.1 Å². The highest BCUT2D eigenvalue weighted by atomic mass is 35.5. The first kappa shape index (κ1) is 83.2. The lowest BCUT2D eigenvalue weighted by Crippen LogP contribution is -2.65. The lowest BCUT2D eigenvalue weighted by Gasteiger charge is -2.47. The minimum absolute atomic E-state index is 0. The zero-order valence-electron chi connectivity index (χ0n) is 54.8. The van der Waals surface area contributed by atoms with Gasteiger partial charge < -0.3 is 141 Å². The summed E-state index contributed by atoms with van der Waals surface area (Å²) in [7, 11) is 0. The number of anilines is 1. The highest BCUT2D eigenvalue weighted by Gasteiger charge is 2.54. The van der Waals surface area contributed by atoms with E-state index in [1.165, 1.54) is 50.4 Å². The minimum atomic E-state index is -2.20. The predicted molar refractivity (Wildman–Crippen MR) is 353 cm³/mol. The number of nitrogens with zero attached hydrogens (tertiary/aromatic N) is 5. The van der Waals surface area contributed by atoms with Crippen LogP contribution in [0, 0.1) is 12.8 Å². The average molecular weight is 1480 g/mol. The number of aromatic nitrogens is 6. The maximum atomic E-state index is 15.2. The van der Waals surface area contributed by atoms with Gasteiger partial charge in [-0.3, -0.25) is 33.6 Å². The minimum Gasteiger partial charge on any atom is -0.441 e. The number of ether oxygens (including phenoxy) is 5. The Balaban J connectivity index is 0.0000180. The number of thiazole rings is 2. The maximum absolute atomic E-state index is 15.2. The first-order chi connectivity index (χ1) is 47.0. The molecule has 2 fully saturated rings. The van der Waals surface area contributed by atoms with Crippen LogP contribution in [0.25, 0.3) is 10.7 Å². The van der Waals surface area contributed by atoms with E-state index in [9.17, 15) is 74.4 Å². The van der Waals surface area contributed by atoms with Crippen molar-refractivity contribution in [3.8, 4) is 10.7 Å². The van der Waals surface area contributed by atoms with Gasteiger partial charge in [0.2, 0.25) is 29.5 Å². The van der Waals surface area contributed by atoms with Crippen molar-refractivity contribution in [1.29, 1.82) is 0 Å². The Hall–Kier alpha value is -7.44. The number of primary amides is 3. The summed E-state index contributed by atoms with van der Waals surface area (Å²) >= 11 is 2.50. The first-order valence-electron chi connectivity index (χ1n) is 31.4. The van der Waals surface area contributed by atoms with Gasteiger partial charge in [-0.05, 0) is 59.7 Å². The molecule has 0 aromatic carbocycles. The van der Waals surface area contributed by atoms with E-state index < -0.39 is 183 Å². The van der Waals surface area contributed by atoms with E-state index in [2.05, 4.69) is 67.1 Å². The molecule has 0 spiro atoms. The molecule has 8 amide bonds. The fourth-order valence-electron chi connectivity index (χ4n) is 10.2. The number of nitrogens with two attached hydrogens (primary N) is 6. The molecule has 28 N–H and O–H groups in total. The summed E-state index contributed by atoms with van der Waals surface area (Å²) in [5.41, 5.74) is 33.6. The van der Waals surface area contributed by atoms with Crippen LogP contribution in [0.1, 0.15) is 102 Å². The molecule has 2 saturated heterocycles. The van der Waals surface area contributed by atoms with Crippen LogP contribution in [-0.4, -0.2) is 268 Å². The summed E-state index contributed by atoms with van der Waals surface area (Å²) < 4.78 is 28.7. The number of aromatic amines is 1. The molecule has 4 aromatic heterocycles. The van der Waals surface area contributed by atoms with E-state index >= 15 is 4.79 Å². The zero-order valence-corrected chi connectivity index (χ0v) is 57.2. The van der Waals surface area contributed by atoms with Crippen LogP contribution in [0.15, 0.2) is 23.3 Å². The van der Waals surface area contributed by atoms with E-state index in [1.807, 2.05) is 0 Å². The normalized spacial score (nSPS) is 23.3. The molecule has 0 aliphatic carbocycles. The molecule has 19 atom stereocenters. The van der Waals surface area contributed by atoms with Crippen LogP contribution in [-0.2, 0) is 54.1 Å². The predicted octanol–water partition coefficient (Wildman–Crippen LogP) is -7.83. The standard InChI is InChI=1S/C57H89N19O21S2.ClH/c1-22-35(73-48(76-46(22)61)27(14-33(60)80)68-15-26(59)47(62)86)52(90)75-37(43(28-16-65-21-69-28)95-56-45(41(84)39(82)31(17-77)94-56)96-55-42(85)44(97-57(63)92)40(83)32(18-78)93-55)53(91)70-24(3)38(81)23(2)49(87)74-36(25(4)79)51(89)67-13-8-34-71-30(20-98-34)54-72-29(19-99-54)50(88)66-12-7-11-64-10-6-5-9-58;/h16,19-21,23-27,31-32,36-45,55-56,64,68,77-79,81-85H,5-15,17-18,58-59H2,1-4H3,(H2,60,80)(H2,62,86)(H2,63,92)(H,65,69)(H,66,88)(H,67,89)(H,70,91)(H,74,87)(H,75,90)(H2,61,73,76);1H/t23-,24+,25+,26-,27-,31-,32+,36?,37-,38-,39+,40+,41-,42-,43-,44-,45-,55-,56-;/m0./s1. The molecule has 558 valence electrons. The number of hydrogen-bond donors (Lipinski definition) is 22. The Kier molecular flexibility index (Phi) is 33.0. The third-order valence-electron chi connectivity index (χ3n) is 15.9. The van der Waals surface area contributed by atoms with Crippen molar-refractivity contribution in [3.05, 3.63) is 56.8 Å². The molecular formula is C57H90ClN19O21S2. The number of amides is 8. The van der Waals surface area contributed by atoms with Gasteiger partial charge in [0.25, 0.3) is 11.8 Å². The number of aliphatic hydroxyl groups is 8. The lowest BCUT2D eigenvalue weighted by atomic mass is 9.96. The van der Waals surface area contributed by atoms with E-state index in [0.717, 1.165) is 44.9 Å². The Labute approximate surface area is 585 Å². The van der Waals surface area contributed by atoms with Crippen molar-refractivity contribution in [2.24, 2.45) is 34.6 Å². The molecule has 1 unspecified atom stereocenters. The number of nitrogen functional groups attached to an aromatic ring is 1. The largest absolute Gasteiger partial charge is 0.441 e. The topological polar surface area (TPSA) is 665 Å². The van der Waals surface area contributed by atoms with E-state index in [4.69, 9.17) is 58.1 Å². The molecule has 100 heavy (non-hydrogen) atoms. The van der Waals surface area contributed by atoms with Crippen molar-refractivity contribution in [2.45, 2.75) is 170 Å². The summed E-state index contributed by atoms with van der Waals surface area (Å²) in [4.78, 5) is 131.